The average molecular weight is 370 g/mol. The second-order valence-corrected chi connectivity index (χ2v) is 6.81. The number of anilines is 1. The first-order chi connectivity index (χ1) is 13.8. The van der Waals surface area contributed by atoms with Crippen LogP contribution in [-0.2, 0) is 11.3 Å². The van der Waals surface area contributed by atoms with Gasteiger partial charge in [0, 0.05) is 48.3 Å². The van der Waals surface area contributed by atoms with Gasteiger partial charge in [0.1, 0.15) is 0 Å². The van der Waals surface area contributed by atoms with E-state index in [0.29, 0.717) is 18.8 Å². The topological polar surface area (TPSA) is 88.5 Å². The molecule has 1 amide bonds. The molecule has 7 nitrogen and oxygen atoms in total. The standard InChI is InChI=1S/C21H18N6O/c28-18-11-17(16-7-2-1-5-15(16)13-27-10-4-9-23-27)19-20(25-26-21(19)24-18)14-6-3-8-22-12-14/h1-10,12,17H,11,13H2,(H2,24,25,26,28)/t17-/m0/s1. The molecule has 0 fully saturated rings. The Labute approximate surface area is 161 Å². The minimum Gasteiger partial charge on any atom is -0.309 e. The lowest BCUT2D eigenvalue weighted by atomic mass is 9.82. The van der Waals surface area contributed by atoms with E-state index in [2.05, 4.69) is 37.7 Å². The van der Waals surface area contributed by atoms with Crippen molar-refractivity contribution >= 4 is 11.7 Å². The summed E-state index contributed by atoms with van der Waals surface area (Å²) >= 11 is 0. The molecule has 0 bridgehead atoms. The maximum absolute atomic E-state index is 12.4. The molecule has 3 aromatic heterocycles. The van der Waals surface area contributed by atoms with E-state index in [0.717, 1.165) is 27.9 Å². The number of fused-ring (bicyclic) bond motifs is 1. The second-order valence-electron chi connectivity index (χ2n) is 6.81. The van der Waals surface area contributed by atoms with Gasteiger partial charge in [-0.3, -0.25) is 19.6 Å². The lowest BCUT2D eigenvalue weighted by molar-refractivity contribution is -0.116. The normalized spacial score (nSPS) is 15.9. The van der Waals surface area contributed by atoms with Crippen molar-refractivity contribution in [3.8, 4) is 11.3 Å². The van der Waals surface area contributed by atoms with Gasteiger partial charge >= 0.3 is 0 Å². The van der Waals surface area contributed by atoms with E-state index in [1.807, 2.05) is 41.2 Å². The highest BCUT2D eigenvalue weighted by Gasteiger charge is 2.33. The maximum atomic E-state index is 12.4. The lowest BCUT2D eigenvalue weighted by Gasteiger charge is -2.25. The van der Waals surface area contributed by atoms with E-state index in [9.17, 15) is 4.79 Å². The predicted octanol–water partition coefficient (Wildman–Crippen LogP) is 3.19. The monoisotopic (exact) mass is 370 g/mol. The molecule has 1 aliphatic rings. The summed E-state index contributed by atoms with van der Waals surface area (Å²) in [6.45, 7) is 0.650. The summed E-state index contributed by atoms with van der Waals surface area (Å²) in [6, 6.07) is 14.0. The highest BCUT2D eigenvalue weighted by Crippen LogP contribution is 2.42. The summed E-state index contributed by atoms with van der Waals surface area (Å²) in [6.07, 6.45) is 7.62. The zero-order chi connectivity index (χ0) is 18.9. The molecule has 0 unspecified atom stereocenters. The van der Waals surface area contributed by atoms with Gasteiger partial charge in [-0.2, -0.15) is 10.2 Å². The van der Waals surface area contributed by atoms with E-state index >= 15 is 0 Å². The first-order valence-corrected chi connectivity index (χ1v) is 9.13. The Morgan fingerprint density at radius 3 is 2.86 bits per heavy atom. The molecule has 5 rings (SSSR count). The van der Waals surface area contributed by atoms with Gasteiger partial charge in [0.2, 0.25) is 5.91 Å². The zero-order valence-corrected chi connectivity index (χ0v) is 15.0. The Morgan fingerprint density at radius 1 is 1.11 bits per heavy atom. The van der Waals surface area contributed by atoms with Crippen LogP contribution in [0.2, 0.25) is 0 Å². The van der Waals surface area contributed by atoms with Gasteiger partial charge < -0.3 is 5.32 Å². The molecule has 28 heavy (non-hydrogen) atoms. The highest BCUT2D eigenvalue weighted by atomic mass is 16.1. The van der Waals surface area contributed by atoms with Crippen LogP contribution in [0.15, 0.2) is 67.3 Å². The van der Waals surface area contributed by atoms with Crippen LogP contribution in [-0.4, -0.2) is 30.9 Å². The van der Waals surface area contributed by atoms with Gasteiger partial charge in [-0.15, -0.1) is 0 Å². The number of rotatable bonds is 4. The van der Waals surface area contributed by atoms with Crippen LogP contribution in [0.3, 0.4) is 0 Å². The fraction of sp³-hybridized carbons (Fsp3) is 0.143. The van der Waals surface area contributed by atoms with Gasteiger partial charge in [0.05, 0.1) is 12.2 Å². The Bertz CT molecular complexity index is 1120. The molecule has 138 valence electrons. The molecule has 7 heteroatoms. The molecule has 0 radical (unpaired) electrons. The van der Waals surface area contributed by atoms with E-state index in [4.69, 9.17) is 0 Å². The second kappa shape index (κ2) is 6.77. The van der Waals surface area contributed by atoms with E-state index in [1.54, 1.807) is 18.6 Å². The van der Waals surface area contributed by atoms with Crippen molar-refractivity contribution < 1.29 is 4.79 Å². The number of pyridine rings is 1. The van der Waals surface area contributed by atoms with Crippen molar-refractivity contribution in [1.29, 1.82) is 0 Å². The third-order valence-electron chi connectivity index (χ3n) is 5.07. The number of benzene rings is 1. The number of H-pyrrole nitrogens is 1. The van der Waals surface area contributed by atoms with Crippen molar-refractivity contribution in [2.24, 2.45) is 0 Å². The quantitative estimate of drug-likeness (QED) is 0.577. The van der Waals surface area contributed by atoms with Gasteiger partial charge in [0.15, 0.2) is 5.82 Å². The van der Waals surface area contributed by atoms with E-state index < -0.39 is 0 Å². The number of hydrogen-bond donors (Lipinski definition) is 2. The van der Waals surface area contributed by atoms with Crippen molar-refractivity contribution in [3.05, 3.63) is 83.9 Å². The zero-order valence-electron chi connectivity index (χ0n) is 15.0. The van der Waals surface area contributed by atoms with Crippen LogP contribution in [0, 0.1) is 0 Å². The first kappa shape index (κ1) is 16.4. The number of aromatic nitrogens is 5. The SMILES string of the molecule is O=C1C[C@@H](c2ccccc2Cn2cccn2)c2c(n[nH]c2-c2cccnc2)N1. The molecular formula is C21H18N6O. The number of nitrogens with one attached hydrogen (secondary N) is 2. The predicted molar refractivity (Wildman–Crippen MR) is 105 cm³/mol. The Balaban J connectivity index is 1.63. The molecule has 4 heterocycles. The van der Waals surface area contributed by atoms with Crippen molar-refractivity contribution in [3.63, 3.8) is 0 Å². The fourth-order valence-electron chi connectivity index (χ4n) is 3.84. The average Bonchev–Trinajstić information content (AvgIpc) is 3.38. The van der Waals surface area contributed by atoms with Crippen molar-refractivity contribution in [1.82, 2.24) is 25.0 Å². The van der Waals surface area contributed by atoms with Crippen molar-refractivity contribution in [2.45, 2.75) is 18.9 Å². The summed E-state index contributed by atoms with van der Waals surface area (Å²) in [5, 5.41) is 14.7. The Kier molecular flexibility index (Phi) is 3.97. The first-order valence-electron chi connectivity index (χ1n) is 9.13. The Hall–Kier alpha value is -3.74. The van der Waals surface area contributed by atoms with Crippen LogP contribution in [0.1, 0.15) is 29.0 Å². The number of aromatic amines is 1. The smallest absolute Gasteiger partial charge is 0.226 e. The fourth-order valence-corrected chi connectivity index (χ4v) is 3.84. The van der Waals surface area contributed by atoms with Crippen LogP contribution in [0.25, 0.3) is 11.3 Å². The van der Waals surface area contributed by atoms with E-state index in [1.165, 1.54) is 0 Å². The highest BCUT2D eigenvalue weighted by molar-refractivity contribution is 5.96. The van der Waals surface area contributed by atoms with Gasteiger partial charge in [0.25, 0.3) is 0 Å². The molecule has 1 atom stereocenters. The van der Waals surface area contributed by atoms with Gasteiger partial charge in [-0.1, -0.05) is 24.3 Å². The molecule has 0 saturated carbocycles. The molecule has 2 N–H and O–H groups in total. The molecule has 4 aromatic rings. The largest absolute Gasteiger partial charge is 0.309 e. The summed E-state index contributed by atoms with van der Waals surface area (Å²) < 4.78 is 1.89. The maximum Gasteiger partial charge on any atom is 0.226 e. The number of carbonyl (C=O) groups excluding carboxylic acids is 1. The molecule has 0 aliphatic carbocycles. The van der Waals surface area contributed by atoms with Gasteiger partial charge in [-0.25, -0.2) is 0 Å². The minimum atomic E-state index is -0.0931. The number of carbonyl (C=O) groups is 1. The molecule has 0 spiro atoms. The molecule has 1 aromatic carbocycles. The van der Waals surface area contributed by atoms with Gasteiger partial charge in [-0.05, 0) is 29.3 Å². The van der Waals surface area contributed by atoms with Crippen LogP contribution in [0.5, 0.6) is 0 Å². The van der Waals surface area contributed by atoms with Crippen LogP contribution >= 0.6 is 0 Å². The summed E-state index contributed by atoms with van der Waals surface area (Å²) in [5.41, 5.74) is 5.08. The summed E-state index contributed by atoms with van der Waals surface area (Å²) in [5.74, 6) is 0.467. The summed E-state index contributed by atoms with van der Waals surface area (Å²) in [4.78, 5) is 16.6. The third kappa shape index (κ3) is 2.87. The number of nitrogens with zero attached hydrogens (tertiary/aromatic N) is 4. The van der Waals surface area contributed by atoms with Crippen molar-refractivity contribution in [2.75, 3.05) is 5.32 Å². The van der Waals surface area contributed by atoms with E-state index in [-0.39, 0.29) is 11.8 Å². The number of hydrogen-bond acceptors (Lipinski definition) is 4. The third-order valence-corrected chi connectivity index (χ3v) is 5.07. The minimum absolute atomic E-state index is 0.0318. The molecular weight excluding hydrogens is 352 g/mol. The lowest BCUT2D eigenvalue weighted by Crippen LogP contribution is -2.24. The summed E-state index contributed by atoms with van der Waals surface area (Å²) in [7, 11) is 0. The van der Waals surface area contributed by atoms with Crippen LogP contribution < -0.4 is 5.32 Å². The van der Waals surface area contributed by atoms with Crippen LogP contribution in [0.4, 0.5) is 5.82 Å². The molecule has 1 aliphatic heterocycles. The Morgan fingerprint density at radius 2 is 2.04 bits per heavy atom. The number of amides is 1. The molecule has 0 saturated heterocycles.